The molecule has 3 N–H and O–H groups in total. The van der Waals surface area contributed by atoms with Crippen LogP contribution in [0.2, 0.25) is 0 Å². The number of carbonyl (C=O) groups is 1. The molecule has 106 valence electrons. The lowest BCUT2D eigenvalue weighted by atomic mass is 10.2. The normalized spacial score (nSPS) is 18.5. The van der Waals surface area contributed by atoms with Gasteiger partial charge in [-0.3, -0.25) is 0 Å². The second-order valence-electron chi connectivity index (χ2n) is 4.93. The molecule has 1 aliphatic heterocycles. The summed E-state index contributed by atoms with van der Waals surface area (Å²) in [5, 5.41) is 10.2. The fourth-order valence-electron chi connectivity index (χ4n) is 2.14. The maximum atomic E-state index is 11.6. The molecule has 1 aliphatic rings. The first-order chi connectivity index (χ1) is 9.15. The molecule has 0 aromatic carbocycles. The van der Waals surface area contributed by atoms with Crippen molar-refractivity contribution < 1.29 is 4.79 Å². The summed E-state index contributed by atoms with van der Waals surface area (Å²) in [6.45, 7) is 6.50. The van der Waals surface area contributed by atoms with E-state index in [2.05, 4.69) is 27.9 Å². The molecule has 1 atom stereocenters. The Labute approximate surface area is 118 Å². The van der Waals surface area contributed by atoms with Crippen LogP contribution in [0.15, 0.2) is 0 Å². The summed E-state index contributed by atoms with van der Waals surface area (Å²) >= 11 is 1.71. The Kier molecular flexibility index (Phi) is 5.15. The molecule has 1 saturated heterocycles. The van der Waals surface area contributed by atoms with Crippen LogP contribution < -0.4 is 16.0 Å². The largest absolute Gasteiger partial charge is 0.338 e. The summed E-state index contributed by atoms with van der Waals surface area (Å²) < 4.78 is 0. The van der Waals surface area contributed by atoms with E-state index in [9.17, 15) is 4.79 Å². The molecule has 0 bridgehead atoms. The van der Waals surface area contributed by atoms with E-state index in [0.717, 1.165) is 30.1 Å². The van der Waals surface area contributed by atoms with Crippen molar-refractivity contribution in [3.8, 4) is 0 Å². The van der Waals surface area contributed by atoms with Gasteiger partial charge in [-0.2, -0.15) is 0 Å². The fraction of sp³-hybridized carbons (Fsp3) is 0.692. The van der Waals surface area contributed by atoms with E-state index in [1.54, 1.807) is 11.3 Å². The number of aromatic nitrogens is 1. The Morgan fingerprint density at radius 2 is 2.32 bits per heavy atom. The third kappa shape index (κ3) is 4.47. The number of thiazole rings is 1. The van der Waals surface area contributed by atoms with Gasteiger partial charge >= 0.3 is 6.03 Å². The van der Waals surface area contributed by atoms with Crippen molar-refractivity contribution in [3.63, 3.8) is 0 Å². The molecule has 2 amide bonds. The van der Waals surface area contributed by atoms with E-state index in [1.807, 2.05) is 6.92 Å². The number of aryl methyl sites for hydroxylation is 2. The minimum absolute atomic E-state index is 0.0845. The molecule has 1 fully saturated rings. The lowest BCUT2D eigenvalue weighted by Gasteiger charge is -2.11. The summed E-state index contributed by atoms with van der Waals surface area (Å²) in [5.41, 5.74) is 1.09. The van der Waals surface area contributed by atoms with Crippen molar-refractivity contribution >= 4 is 17.4 Å². The predicted molar refractivity (Wildman–Crippen MR) is 77.7 cm³/mol. The minimum Gasteiger partial charge on any atom is -0.338 e. The van der Waals surface area contributed by atoms with Crippen LogP contribution in [0.1, 0.15) is 28.4 Å². The Balaban J connectivity index is 1.60. The molecule has 0 spiro atoms. The van der Waals surface area contributed by atoms with E-state index in [0.29, 0.717) is 19.1 Å². The standard InChI is InChI=1S/C13H22N4OS/c1-9-10(2)19-12(17-9)5-7-15-13(18)16-8-11-4-3-6-14-11/h11,14H,3-8H2,1-2H3,(H2,15,16,18)/t11-/m0/s1. The molecule has 1 aromatic heterocycles. The molecule has 5 nitrogen and oxygen atoms in total. The van der Waals surface area contributed by atoms with Crippen LogP contribution in [0.5, 0.6) is 0 Å². The molecular weight excluding hydrogens is 260 g/mol. The van der Waals surface area contributed by atoms with Gasteiger partial charge in [0.05, 0.1) is 10.7 Å². The Morgan fingerprint density at radius 1 is 1.47 bits per heavy atom. The van der Waals surface area contributed by atoms with Gasteiger partial charge in [-0.1, -0.05) is 0 Å². The summed E-state index contributed by atoms with van der Waals surface area (Å²) in [6.07, 6.45) is 3.16. The number of nitrogens with zero attached hydrogens (tertiary/aromatic N) is 1. The lowest BCUT2D eigenvalue weighted by Crippen LogP contribution is -2.42. The van der Waals surface area contributed by atoms with Gasteiger partial charge < -0.3 is 16.0 Å². The molecular formula is C13H22N4OS. The highest BCUT2D eigenvalue weighted by Crippen LogP contribution is 2.16. The van der Waals surface area contributed by atoms with Crippen LogP contribution in [0.3, 0.4) is 0 Å². The minimum atomic E-state index is -0.0845. The average Bonchev–Trinajstić information content (AvgIpc) is 2.98. The van der Waals surface area contributed by atoms with Crippen LogP contribution in [-0.4, -0.2) is 36.7 Å². The Hall–Kier alpha value is -1.14. The smallest absolute Gasteiger partial charge is 0.314 e. The van der Waals surface area contributed by atoms with Crippen molar-refractivity contribution in [1.29, 1.82) is 0 Å². The first kappa shape index (κ1) is 14.3. The van der Waals surface area contributed by atoms with Gasteiger partial charge in [0.1, 0.15) is 0 Å². The molecule has 0 unspecified atom stereocenters. The van der Waals surface area contributed by atoms with Gasteiger partial charge in [-0.05, 0) is 33.2 Å². The van der Waals surface area contributed by atoms with Crippen LogP contribution in [-0.2, 0) is 6.42 Å². The number of hydrogen-bond acceptors (Lipinski definition) is 4. The zero-order valence-electron chi connectivity index (χ0n) is 11.6. The van der Waals surface area contributed by atoms with Crippen LogP contribution >= 0.6 is 11.3 Å². The van der Waals surface area contributed by atoms with Crippen molar-refractivity contribution in [3.05, 3.63) is 15.6 Å². The monoisotopic (exact) mass is 282 g/mol. The topological polar surface area (TPSA) is 66.0 Å². The van der Waals surface area contributed by atoms with Gasteiger partial charge in [0.15, 0.2) is 0 Å². The lowest BCUT2D eigenvalue weighted by molar-refractivity contribution is 0.240. The summed E-state index contributed by atoms with van der Waals surface area (Å²) in [5.74, 6) is 0. The molecule has 19 heavy (non-hydrogen) atoms. The second-order valence-corrected chi connectivity index (χ2v) is 6.22. The predicted octanol–water partition coefficient (Wildman–Crippen LogP) is 1.35. The summed E-state index contributed by atoms with van der Waals surface area (Å²) in [6, 6.07) is 0.355. The van der Waals surface area contributed by atoms with Gasteiger partial charge in [-0.15, -0.1) is 11.3 Å². The maximum Gasteiger partial charge on any atom is 0.314 e. The molecule has 1 aromatic rings. The van der Waals surface area contributed by atoms with E-state index in [1.165, 1.54) is 11.3 Å². The number of rotatable bonds is 5. The number of hydrogen-bond donors (Lipinski definition) is 3. The number of amides is 2. The Bertz CT molecular complexity index is 407. The quantitative estimate of drug-likeness (QED) is 0.764. The summed E-state index contributed by atoms with van der Waals surface area (Å²) in [7, 11) is 0. The highest BCUT2D eigenvalue weighted by molar-refractivity contribution is 7.11. The van der Waals surface area contributed by atoms with Gasteiger partial charge in [0, 0.05) is 30.4 Å². The van der Waals surface area contributed by atoms with Crippen LogP contribution in [0.4, 0.5) is 4.79 Å². The fourth-order valence-corrected chi connectivity index (χ4v) is 3.07. The van der Waals surface area contributed by atoms with Gasteiger partial charge in [0.2, 0.25) is 0 Å². The molecule has 0 saturated carbocycles. The molecule has 2 heterocycles. The SMILES string of the molecule is Cc1nc(CCNC(=O)NC[C@@H]2CCCN2)sc1C. The number of carbonyl (C=O) groups excluding carboxylic acids is 1. The maximum absolute atomic E-state index is 11.6. The molecule has 0 aliphatic carbocycles. The third-order valence-electron chi connectivity index (χ3n) is 3.37. The van der Waals surface area contributed by atoms with E-state index in [4.69, 9.17) is 0 Å². The zero-order valence-corrected chi connectivity index (χ0v) is 12.4. The summed E-state index contributed by atoms with van der Waals surface area (Å²) in [4.78, 5) is 17.3. The van der Waals surface area contributed by atoms with Crippen molar-refractivity contribution in [1.82, 2.24) is 20.9 Å². The van der Waals surface area contributed by atoms with Gasteiger partial charge in [0.25, 0.3) is 0 Å². The molecule has 0 radical (unpaired) electrons. The Morgan fingerprint density at radius 3 is 2.95 bits per heavy atom. The highest BCUT2D eigenvalue weighted by Gasteiger charge is 2.14. The van der Waals surface area contributed by atoms with E-state index < -0.39 is 0 Å². The molecule has 6 heteroatoms. The first-order valence-corrected chi connectivity index (χ1v) is 7.65. The van der Waals surface area contributed by atoms with Crippen molar-refractivity contribution in [2.24, 2.45) is 0 Å². The van der Waals surface area contributed by atoms with Crippen molar-refractivity contribution in [2.45, 2.75) is 39.2 Å². The number of urea groups is 1. The average molecular weight is 282 g/mol. The van der Waals surface area contributed by atoms with Crippen molar-refractivity contribution in [2.75, 3.05) is 19.6 Å². The van der Waals surface area contributed by atoms with E-state index in [-0.39, 0.29) is 6.03 Å². The van der Waals surface area contributed by atoms with Crippen LogP contribution in [0, 0.1) is 13.8 Å². The second kappa shape index (κ2) is 6.86. The van der Waals surface area contributed by atoms with Crippen LogP contribution in [0.25, 0.3) is 0 Å². The third-order valence-corrected chi connectivity index (χ3v) is 4.50. The van der Waals surface area contributed by atoms with Gasteiger partial charge in [-0.25, -0.2) is 9.78 Å². The molecule has 2 rings (SSSR count). The zero-order chi connectivity index (χ0) is 13.7. The highest BCUT2D eigenvalue weighted by atomic mass is 32.1. The first-order valence-electron chi connectivity index (χ1n) is 6.83. The number of nitrogens with one attached hydrogen (secondary N) is 3. The van der Waals surface area contributed by atoms with E-state index >= 15 is 0 Å².